The first-order chi connectivity index (χ1) is 14.0. The van der Waals surface area contributed by atoms with Gasteiger partial charge in [0.25, 0.3) is 0 Å². The molecule has 2 atom stereocenters. The maximum Gasteiger partial charge on any atom is 0.158 e. The first kappa shape index (κ1) is 18.9. The second-order valence-corrected chi connectivity index (χ2v) is 7.56. The second kappa shape index (κ2) is 7.89. The minimum absolute atomic E-state index is 0.283. The highest BCUT2D eigenvalue weighted by molar-refractivity contribution is 5.54. The molecule has 0 aliphatic carbocycles. The molecule has 1 aromatic carbocycles. The van der Waals surface area contributed by atoms with E-state index in [2.05, 4.69) is 75.4 Å². The van der Waals surface area contributed by atoms with Gasteiger partial charge < -0.3 is 19.7 Å². The fraction of sp³-hybridized carbons (Fsp3) is 0.333. The van der Waals surface area contributed by atoms with Crippen molar-refractivity contribution in [3.8, 4) is 11.8 Å². The highest BCUT2D eigenvalue weighted by atomic mass is 15.3. The van der Waals surface area contributed by atoms with Crippen molar-refractivity contribution in [2.75, 3.05) is 30.9 Å². The quantitative estimate of drug-likeness (QED) is 0.719. The minimum atomic E-state index is 0.283. The summed E-state index contributed by atoms with van der Waals surface area (Å²) < 4.78 is 1.96. The van der Waals surface area contributed by atoms with Crippen LogP contribution in [0, 0.1) is 11.3 Å². The molecule has 0 amide bonds. The fourth-order valence-corrected chi connectivity index (χ4v) is 3.66. The van der Waals surface area contributed by atoms with Gasteiger partial charge in [-0.2, -0.15) is 5.26 Å². The Labute approximate surface area is 170 Å². The molecule has 4 rings (SSSR count). The minimum Gasteiger partial charge on any atom is -0.367 e. The zero-order valence-corrected chi connectivity index (χ0v) is 16.8. The molecule has 8 heteroatoms. The van der Waals surface area contributed by atoms with Gasteiger partial charge in [-0.15, -0.1) is 0 Å². The molecule has 1 aliphatic heterocycles. The molecule has 1 N–H and O–H groups in total. The number of likely N-dealkylation sites (N-methyl/N-ethyl adjacent to an activating group) is 1. The number of aromatic nitrogens is 4. The first-order valence-electron chi connectivity index (χ1n) is 9.60. The standard InChI is InChI=1S/C21H24N8/c1-15-8-19(27(2)3)12-29(15)18-6-4-17(5-7-18)28-13-21(25-14-28)26-20-11-23-16(9-22)10-24-20/h4-7,10-11,13-15,19H,8,12H2,1-3H3,(H,24,26). The van der Waals surface area contributed by atoms with Crippen LogP contribution in [0.15, 0.2) is 49.2 Å². The molecule has 0 radical (unpaired) electrons. The van der Waals surface area contributed by atoms with Gasteiger partial charge in [0.15, 0.2) is 5.69 Å². The summed E-state index contributed by atoms with van der Waals surface area (Å²) >= 11 is 0. The van der Waals surface area contributed by atoms with Crippen molar-refractivity contribution in [1.82, 2.24) is 24.4 Å². The summed E-state index contributed by atoms with van der Waals surface area (Å²) in [5.74, 6) is 1.21. The van der Waals surface area contributed by atoms with Crippen molar-refractivity contribution in [3.05, 3.63) is 54.9 Å². The lowest BCUT2D eigenvalue weighted by atomic mass is 10.2. The maximum absolute atomic E-state index is 8.79. The van der Waals surface area contributed by atoms with Crippen LogP contribution >= 0.6 is 0 Å². The Bertz CT molecular complexity index is 1000. The van der Waals surface area contributed by atoms with Crippen molar-refractivity contribution in [2.24, 2.45) is 0 Å². The fourth-order valence-electron chi connectivity index (χ4n) is 3.66. The molecule has 2 aromatic heterocycles. The number of imidazole rings is 1. The van der Waals surface area contributed by atoms with Crippen LogP contribution in [0.1, 0.15) is 19.0 Å². The highest BCUT2D eigenvalue weighted by Gasteiger charge is 2.30. The third-order valence-corrected chi connectivity index (χ3v) is 5.37. The normalized spacial score (nSPS) is 18.8. The second-order valence-electron chi connectivity index (χ2n) is 7.56. The van der Waals surface area contributed by atoms with Crippen molar-refractivity contribution in [3.63, 3.8) is 0 Å². The van der Waals surface area contributed by atoms with Crippen molar-refractivity contribution < 1.29 is 0 Å². The largest absolute Gasteiger partial charge is 0.367 e. The molecule has 3 aromatic rings. The van der Waals surface area contributed by atoms with E-state index < -0.39 is 0 Å². The number of nitrogens with one attached hydrogen (secondary N) is 1. The van der Waals surface area contributed by atoms with E-state index >= 15 is 0 Å². The van der Waals surface area contributed by atoms with Crippen molar-refractivity contribution >= 4 is 17.3 Å². The Morgan fingerprint density at radius 3 is 2.45 bits per heavy atom. The SMILES string of the molecule is CC1CC(N(C)C)CN1c1ccc(-n2cnc(Nc3cnc(C#N)cn3)c2)cc1. The molecular formula is C21H24N8. The Hall–Kier alpha value is -3.44. The average molecular weight is 388 g/mol. The maximum atomic E-state index is 8.79. The third kappa shape index (κ3) is 4.05. The molecule has 1 aliphatic rings. The van der Waals surface area contributed by atoms with Gasteiger partial charge in [0.05, 0.1) is 18.6 Å². The molecule has 0 spiro atoms. The summed E-state index contributed by atoms with van der Waals surface area (Å²) in [7, 11) is 4.30. The van der Waals surface area contributed by atoms with E-state index in [1.807, 2.05) is 16.8 Å². The van der Waals surface area contributed by atoms with E-state index in [1.54, 1.807) is 6.33 Å². The topological polar surface area (TPSA) is 85.9 Å². The molecule has 1 saturated heterocycles. The summed E-state index contributed by atoms with van der Waals surface area (Å²) in [5.41, 5.74) is 2.57. The molecule has 8 nitrogen and oxygen atoms in total. The predicted molar refractivity (Wildman–Crippen MR) is 112 cm³/mol. The molecule has 2 unspecified atom stereocenters. The van der Waals surface area contributed by atoms with Crippen LogP contribution in [-0.2, 0) is 0 Å². The Morgan fingerprint density at radius 1 is 1.07 bits per heavy atom. The van der Waals surface area contributed by atoms with Crippen LogP contribution in [0.3, 0.4) is 0 Å². The lowest BCUT2D eigenvalue weighted by Gasteiger charge is -2.24. The monoisotopic (exact) mass is 388 g/mol. The number of anilines is 3. The van der Waals surface area contributed by atoms with Gasteiger partial charge in [-0.05, 0) is 51.7 Å². The lowest BCUT2D eigenvalue weighted by molar-refractivity contribution is 0.311. The van der Waals surface area contributed by atoms with E-state index in [0.29, 0.717) is 23.7 Å². The number of hydrogen-bond donors (Lipinski definition) is 1. The van der Waals surface area contributed by atoms with Gasteiger partial charge in [-0.1, -0.05) is 0 Å². The van der Waals surface area contributed by atoms with E-state index in [4.69, 9.17) is 5.26 Å². The smallest absolute Gasteiger partial charge is 0.158 e. The molecular weight excluding hydrogens is 364 g/mol. The first-order valence-corrected chi connectivity index (χ1v) is 9.60. The number of nitrogens with zero attached hydrogens (tertiary/aromatic N) is 7. The summed E-state index contributed by atoms with van der Waals surface area (Å²) in [6, 6.07) is 11.6. The van der Waals surface area contributed by atoms with E-state index in [1.165, 1.54) is 24.5 Å². The van der Waals surface area contributed by atoms with Gasteiger partial charge in [0.1, 0.15) is 24.0 Å². The van der Waals surface area contributed by atoms with Gasteiger partial charge in [0.2, 0.25) is 0 Å². The third-order valence-electron chi connectivity index (χ3n) is 5.37. The molecule has 0 saturated carbocycles. The lowest BCUT2D eigenvalue weighted by Crippen LogP contribution is -2.32. The number of benzene rings is 1. The van der Waals surface area contributed by atoms with Crippen LogP contribution in [-0.4, -0.2) is 57.1 Å². The van der Waals surface area contributed by atoms with Crippen LogP contribution in [0.2, 0.25) is 0 Å². The van der Waals surface area contributed by atoms with Crippen LogP contribution in [0.5, 0.6) is 0 Å². The number of rotatable bonds is 5. The zero-order valence-electron chi connectivity index (χ0n) is 16.8. The van der Waals surface area contributed by atoms with E-state index in [-0.39, 0.29) is 5.69 Å². The van der Waals surface area contributed by atoms with E-state index in [9.17, 15) is 0 Å². The summed E-state index contributed by atoms with van der Waals surface area (Å²) in [6.45, 7) is 3.34. The summed E-state index contributed by atoms with van der Waals surface area (Å²) in [6.07, 6.45) is 7.79. The molecule has 148 valence electrons. The Kier molecular flexibility index (Phi) is 5.14. The van der Waals surface area contributed by atoms with Crippen LogP contribution < -0.4 is 10.2 Å². The average Bonchev–Trinajstić information content (AvgIpc) is 3.35. The predicted octanol–water partition coefficient (Wildman–Crippen LogP) is 2.81. The number of nitriles is 1. The van der Waals surface area contributed by atoms with Gasteiger partial charge in [-0.3, -0.25) is 0 Å². The highest BCUT2D eigenvalue weighted by Crippen LogP contribution is 2.28. The summed E-state index contributed by atoms with van der Waals surface area (Å²) in [5, 5.41) is 11.9. The van der Waals surface area contributed by atoms with E-state index in [0.717, 1.165) is 12.2 Å². The van der Waals surface area contributed by atoms with Gasteiger partial charge in [0, 0.05) is 30.0 Å². The van der Waals surface area contributed by atoms with Gasteiger partial charge >= 0.3 is 0 Å². The Balaban J connectivity index is 1.45. The van der Waals surface area contributed by atoms with Crippen molar-refractivity contribution in [2.45, 2.75) is 25.4 Å². The molecule has 1 fully saturated rings. The number of hydrogen-bond acceptors (Lipinski definition) is 7. The van der Waals surface area contributed by atoms with Gasteiger partial charge in [-0.25, -0.2) is 15.0 Å². The Morgan fingerprint density at radius 2 is 1.83 bits per heavy atom. The van der Waals surface area contributed by atoms with Crippen LogP contribution in [0.4, 0.5) is 17.3 Å². The van der Waals surface area contributed by atoms with Crippen LogP contribution in [0.25, 0.3) is 5.69 Å². The molecule has 0 bridgehead atoms. The zero-order chi connectivity index (χ0) is 20.4. The molecule has 29 heavy (non-hydrogen) atoms. The van der Waals surface area contributed by atoms with Crippen molar-refractivity contribution in [1.29, 1.82) is 5.26 Å². The molecule has 3 heterocycles. The summed E-state index contributed by atoms with van der Waals surface area (Å²) in [4.78, 5) is 17.3.